The number of pyridine rings is 1. The van der Waals surface area contributed by atoms with Crippen LogP contribution < -0.4 is 0 Å². The third-order valence-corrected chi connectivity index (χ3v) is 4.90. The van der Waals surface area contributed by atoms with Crippen LogP contribution in [0.1, 0.15) is 36.9 Å². The lowest BCUT2D eigenvalue weighted by Gasteiger charge is -2.35. The number of piperidine rings is 1. The highest BCUT2D eigenvalue weighted by Gasteiger charge is 2.32. The first-order valence-corrected chi connectivity index (χ1v) is 8.82. The van der Waals surface area contributed by atoms with Crippen LogP contribution in [-0.2, 0) is 17.4 Å². The van der Waals surface area contributed by atoms with Crippen molar-refractivity contribution in [3.05, 3.63) is 34.7 Å². The van der Waals surface area contributed by atoms with Crippen molar-refractivity contribution in [3.8, 4) is 0 Å². The fourth-order valence-corrected chi connectivity index (χ4v) is 3.64. The first kappa shape index (κ1) is 19.0. The Hall–Kier alpha value is -1.80. The topological polar surface area (TPSA) is 57.8 Å². The molecule has 1 saturated heterocycles. The molecule has 2 aromatic rings. The van der Waals surface area contributed by atoms with Gasteiger partial charge in [0.05, 0.1) is 22.7 Å². The molecule has 5 nitrogen and oxygen atoms in total. The van der Waals surface area contributed by atoms with Crippen molar-refractivity contribution in [1.82, 2.24) is 14.3 Å². The van der Waals surface area contributed by atoms with Gasteiger partial charge in [-0.1, -0.05) is 11.6 Å². The summed E-state index contributed by atoms with van der Waals surface area (Å²) in [5.74, 6) is -0.140. The monoisotopic (exact) mass is 389 g/mol. The summed E-state index contributed by atoms with van der Waals surface area (Å²) in [4.78, 5) is 18.6. The molecule has 1 aliphatic rings. The smallest absolute Gasteiger partial charge is 0.396 e. The highest BCUT2D eigenvalue weighted by molar-refractivity contribution is 6.33. The SMILES string of the molecule is O=C(Cc1cn2cc(C(F)(F)F)cc(Cl)c2n1)N1CCCCC1CCO. The predicted molar refractivity (Wildman–Crippen MR) is 90.0 cm³/mol. The molecule has 0 aromatic carbocycles. The van der Waals surface area contributed by atoms with Gasteiger partial charge < -0.3 is 14.4 Å². The molecule has 2 aromatic heterocycles. The maximum atomic E-state index is 12.9. The number of halogens is 4. The highest BCUT2D eigenvalue weighted by atomic mass is 35.5. The van der Waals surface area contributed by atoms with Gasteiger partial charge in [0.15, 0.2) is 5.65 Å². The number of rotatable bonds is 4. The summed E-state index contributed by atoms with van der Waals surface area (Å²) in [5.41, 5.74) is -0.318. The normalized spacial score (nSPS) is 18.5. The molecule has 1 N–H and O–H groups in total. The molecule has 1 atom stereocenters. The van der Waals surface area contributed by atoms with Crippen LogP contribution >= 0.6 is 11.6 Å². The van der Waals surface area contributed by atoms with Crippen LogP contribution in [0, 0.1) is 0 Å². The van der Waals surface area contributed by atoms with E-state index >= 15 is 0 Å². The highest BCUT2D eigenvalue weighted by Crippen LogP contribution is 2.32. The summed E-state index contributed by atoms with van der Waals surface area (Å²) in [6.07, 6.45) is 1.08. The fourth-order valence-electron chi connectivity index (χ4n) is 3.38. The molecule has 26 heavy (non-hydrogen) atoms. The number of carbonyl (C=O) groups excluding carboxylic acids is 1. The van der Waals surface area contributed by atoms with Crippen molar-refractivity contribution in [2.75, 3.05) is 13.2 Å². The van der Waals surface area contributed by atoms with Crippen molar-refractivity contribution in [2.24, 2.45) is 0 Å². The summed E-state index contributed by atoms with van der Waals surface area (Å²) < 4.78 is 39.9. The lowest BCUT2D eigenvalue weighted by molar-refractivity contribution is -0.138. The zero-order chi connectivity index (χ0) is 18.9. The number of aliphatic hydroxyl groups is 1. The number of aromatic nitrogens is 2. The van der Waals surface area contributed by atoms with Crippen LogP contribution in [-0.4, -0.2) is 44.5 Å². The van der Waals surface area contributed by atoms with Gasteiger partial charge in [0.25, 0.3) is 0 Å². The molecular formula is C17H19ClF3N3O2. The fraction of sp³-hybridized carbons (Fsp3) is 0.529. The minimum Gasteiger partial charge on any atom is -0.396 e. The number of amides is 1. The molecule has 1 amide bonds. The molecule has 1 fully saturated rings. The zero-order valence-corrected chi connectivity index (χ0v) is 14.7. The van der Waals surface area contributed by atoms with Crippen LogP contribution in [0.5, 0.6) is 0 Å². The van der Waals surface area contributed by atoms with Gasteiger partial charge >= 0.3 is 6.18 Å². The summed E-state index contributed by atoms with van der Waals surface area (Å²) in [6, 6.07) is 0.830. The van der Waals surface area contributed by atoms with E-state index in [4.69, 9.17) is 16.7 Å². The first-order chi connectivity index (χ1) is 12.3. The maximum Gasteiger partial charge on any atom is 0.417 e. The average molecular weight is 390 g/mol. The lowest BCUT2D eigenvalue weighted by atomic mass is 9.99. The molecule has 0 spiro atoms. The number of fused-ring (bicyclic) bond motifs is 1. The quantitative estimate of drug-likeness (QED) is 0.872. The van der Waals surface area contributed by atoms with E-state index in [1.807, 2.05) is 0 Å². The number of aliphatic hydroxyl groups excluding tert-OH is 1. The van der Waals surface area contributed by atoms with E-state index in [1.165, 1.54) is 10.6 Å². The Labute approximate surface area is 153 Å². The summed E-state index contributed by atoms with van der Waals surface area (Å²) >= 11 is 5.92. The summed E-state index contributed by atoms with van der Waals surface area (Å²) in [5, 5.41) is 9.05. The number of likely N-dealkylation sites (tertiary alicyclic amines) is 1. The molecule has 0 radical (unpaired) electrons. The third-order valence-electron chi connectivity index (χ3n) is 4.63. The Balaban J connectivity index is 1.82. The molecule has 142 valence electrons. The number of carbonyl (C=O) groups is 1. The number of imidazole rings is 1. The minimum atomic E-state index is -4.51. The van der Waals surface area contributed by atoms with Crippen LogP contribution in [0.25, 0.3) is 5.65 Å². The Bertz CT molecular complexity index is 804. The second-order valence-electron chi connectivity index (χ2n) is 6.46. The zero-order valence-electron chi connectivity index (χ0n) is 14.0. The third kappa shape index (κ3) is 3.96. The second-order valence-corrected chi connectivity index (χ2v) is 6.87. The lowest BCUT2D eigenvalue weighted by Crippen LogP contribution is -2.44. The van der Waals surface area contributed by atoms with Gasteiger partial charge in [-0.15, -0.1) is 0 Å². The van der Waals surface area contributed by atoms with Crippen LogP contribution in [0.15, 0.2) is 18.5 Å². The van der Waals surface area contributed by atoms with E-state index in [9.17, 15) is 18.0 Å². The molecule has 0 bridgehead atoms. The van der Waals surface area contributed by atoms with Crippen molar-refractivity contribution in [1.29, 1.82) is 0 Å². The van der Waals surface area contributed by atoms with Gasteiger partial charge in [0, 0.05) is 31.6 Å². The van der Waals surface area contributed by atoms with Crippen LogP contribution in [0.2, 0.25) is 5.02 Å². The van der Waals surface area contributed by atoms with Gasteiger partial charge in [-0.05, 0) is 31.7 Å². The Morgan fingerprint density at radius 1 is 1.35 bits per heavy atom. The predicted octanol–water partition coefficient (Wildman–Crippen LogP) is 3.31. The maximum absolute atomic E-state index is 12.9. The standard InChI is InChI=1S/C17H19ClF3N3O2/c18-14-7-11(17(19,20)21)9-23-10-12(22-16(14)23)8-15(26)24-5-2-1-3-13(24)4-6-25/h7,9-10,13,25H,1-6,8H2. The second kappa shape index (κ2) is 7.44. The van der Waals surface area contributed by atoms with Crippen molar-refractivity contribution in [3.63, 3.8) is 0 Å². The van der Waals surface area contributed by atoms with Gasteiger partial charge in [0.2, 0.25) is 5.91 Å². The molecule has 9 heteroatoms. The van der Waals surface area contributed by atoms with Crippen LogP contribution in [0.3, 0.4) is 0 Å². The molecule has 0 aliphatic carbocycles. The van der Waals surface area contributed by atoms with E-state index in [1.54, 1.807) is 4.90 Å². The number of alkyl halides is 3. The van der Waals surface area contributed by atoms with E-state index < -0.39 is 11.7 Å². The van der Waals surface area contributed by atoms with Gasteiger partial charge in [-0.25, -0.2) is 4.98 Å². The Kier molecular flexibility index (Phi) is 5.43. The number of nitrogens with zero attached hydrogens (tertiary/aromatic N) is 3. The number of hydrogen-bond acceptors (Lipinski definition) is 3. The van der Waals surface area contributed by atoms with E-state index in [-0.39, 0.29) is 35.6 Å². The average Bonchev–Trinajstić information content (AvgIpc) is 2.98. The van der Waals surface area contributed by atoms with Gasteiger partial charge in [0.1, 0.15) is 0 Å². The van der Waals surface area contributed by atoms with Crippen molar-refractivity contribution < 1.29 is 23.1 Å². The van der Waals surface area contributed by atoms with Crippen molar-refractivity contribution in [2.45, 2.75) is 44.3 Å². The minimum absolute atomic E-state index is 0.00120. The van der Waals surface area contributed by atoms with Crippen molar-refractivity contribution >= 4 is 23.2 Å². The molecule has 1 unspecified atom stereocenters. The van der Waals surface area contributed by atoms with Gasteiger partial charge in [-0.3, -0.25) is 4.79 Å². The molecular weight excluding hydrogens is 371 g/mol. The molecule has 1 aliphatic heterocycles. The van der Waals surface area contributed by atoms with Gasteiger partial charge in [-0.2, -0.15) is 13.2 Å². The summed E-state index contributed by atoms with van der Waals surface area (Å²) in [7, 11) is 0. The van der Waals surface area contributed by atoms with Crippen LogP contribution in [0.4, 0.5) is 13.2 Å². The largest absolute Gasteiger partial charge is 0.417 e. The Morgan fingerprint density at radius 2 is 2.12 bits per heavy atom. The molecule has 0 saturated carbocycles. The molecule has 3 rings (SSSR count). The van der Waals surface area contributed by atoms with E-state index in [0.717, 1.165) is 31.5 Å². The van der Waals surface area contributed by atoms with E-state index in [0.29, 0.717) is 18.7 Å². The first-order valence-electron chi connectivity index (χ1n) is 8.44. The van der Waals surface area contributed by atoms with E-state index in [2.05, 4.69) is 4.98 Å². The number of hydrogen-bond donors (Lipinski definition) is 1. The summed E-state index contributed by atoms with van der Waals surface area (Å²) in [6.45, 7) is 0.633. The Morgan fingerprint density at radius 3 is 2.81 bits per heavy atom. The molecule has 3 heterocycles.